The molecule has 0 radical (unpaired) electrons. The first-order valence-electron chi connectivity index (χ1n) is 6.40. The van der Waals surface area contributed by atoms with E-state index >= 15 is 0 Å². The van der Waals surface area contributed by atoms with Gasteiger partial charge in [0.2, 0.25) is 5.78 Å². The van der Waals surface area contributed by atoms with E-state index < -0.39 is 11.8 Å². The third kappa shape index (κ3) is 3.35. The molecule has 0 amide bonds. The van der Waals surface area contributed by atoms with Gasteiger partial charge < -0.3 is 20.1 Å². The molecule has 114 valence electrons. The summed E-state index contributed by atoms with van der Waals surface area (Å²) in [7, 11) is 0. The number of hydrogen-bond acceptors (Lipinski definition) is 5. The molecule has 0 aromatic heterocycles. The van der Waals surface area contributed by atoms with Crippen molar-refractivity contribution in [2.45, 2.75) is 6.92 Å². The maximum atomic E-state index is 12.0. The maximum absolute atomic E-state index is 12.0. The van der Waals surface area contributed by atoms with E-state index in [0.717, 1.165) is 6.07 Å². The Morgan fingerprint density at radius 1 is 1.05 bits per heavy atom. The molecule has 0 spiro atoms. The van der Waals surface area contributed by atoms with Crippen molar-refractivity contribution in [1.82, 2.24) is 0 Å². The van der Waals surface area contributed by atoms with E-state index in [9.17, 15) is 19.8 Å². The number of carboxylic acid groups (broad SMARTS) is 1. The van der Waals surface area contributed by atoms with Crippen molar-refractivity contribution in [3.63, 3.8) is 0 Å². The van der Waals surface area contributed by atoms with Crippen molar-refractivity contribution >= 4 is 11.8 Å². The van der Waals surface area contributed by atoms with Gasteiger partial charge >= 0.3 is 5.97 Å². The molecular formula is C16H14O6. The van der Waals surface area contributed by atoms with Crippen LogP contribution in [0.15, 0.2) is 36.4 Å². The second kappa shape index (κ2) is 6.17. The highest BCUT2D eigenvalue weighted by molar-refractivity contribution is 6.00. The van der Waals surface area contributed by atoms with Gasteiger partial charge in [-0.05, 0) is 42.8 Å². The Bertz CT molecular complexity index is 718. The number of hydrogen-bond donors (Lipinski definition) is 3. The SMILES string of the molecule is Cc1cc(C(=O)COc2ccc(C(=O)O)cc2)c(O)cc1O. The Balaban J connectivity index is 2.07. The molecule has 2 rings (SSSR count). The molecule has 6 heteroatoms. The lowest BCUT2D eigenvalue weighted by Gasteiger charge is -2.08. The van der Waals surface area contributed by atoms with Crippen molar-refractivity contribution in [3.05, 3.63) is 53.1 Å². The number of phenolic OH excluding ortho intramolecular Hbond substituents is 2. The van der Waals surface area contributed by atoms with Crippen LogP contribution in [0.5, 0.6) is 17.2 Å². The van der Waals surface area contributed by atoms with Crippen LogP contribution in [0.1, 0.15) is 26.3 Å². The van der Waals surface area contributed by atoms with E-state index in [2.05, 4.69) is 0 Å². The molecule has 0 saturated heterocycles. The van der Waals surface area contributed by atoms with E-state index in [-0.39, 0.29) is 29.2 Å². The zero-order valence-corrected chi connectivity index (χ0v) is 11.7. The van der Waals surface area contributed by atoms with E-state index in [1.54, 1.807) is 6.92 Å². The predicted octanol–water partition coefficient (Wildman–Crippen LogP) is 2.37. The molecule has 0 aliphatic rings. The van der Waals surface area contributed by atoms with Gasteiger partial charge in [-0.2, -0.15) is 0 Å². The fourth-order valence-electron chi connectivity index (χ4n) is 1.83. The average Bonchev–Trinajstić information content (AvgIpc) is 2.49. The molecule has 22 heavy (non-hydrogen) atoms. The number of carbonyl (C=O) groups is 2. The minimum absolute atomic E-state index is 0.0532. The molecule has 3 N–H and O–H groups in total. The van der Waals surface area contributed by atoms with Crippen LogP contribution in [0.3, 0.4) is 0 Å². The molecule has 0 aliphatic heterocycles. The number of carboxylic acids is 1. The molecular weight excluding hydrogens is 288 g/mol. The van der Waals surface area contributed by atoms with Gasteiger partial charge in [0, 0.05) is 6.07 Å². The van der Waals surface area contributed by atoms with Gasteiger partial charge in [0.25, 0.3) is 0 Å². The number of carbonyl (C=O) groups excluding carboxylic acids is 1. The Morgan fingerprint density at radius 3 is 2.27 bits per heavy atom. The maximum Gasteiger partial charge on any atom is 0.335 e. The molecule has 2 aromatic carbocycles. The predicted molar refractivity (Wildman–Crippen MR) is 77.7 cm³/mol. The van der Waals surface area contributed by atoms with Gasteiger partial charge in [0.1, 0.15) is 17.2 Å². The summed E-state index contributed by atoms with van der Waals surface area (Å²) in [4.78, 5) is 22.7. The monoisotopic (exact) mass is 302 g/mol. The number of phenols is 2. The fourth-order valence-corrected chi connectivity index (χ4v) is 1.83. The Kier molecular flexibility index (Phi) is 4.31. The number of ether oxygens (including phenoxy) is 1. The fraction of sp³-hybridized carbons (Fsp3) is 0.125. The molecule has 0 saturated carbocycles. The topological polar surface area (TPSA) is 104 Å². The highest BCUT2D eigenvalue weighted by Crippen LogP contribution is 2.27. The first-order chi connectivity index (χ1) is 10.4. The van der Waals surface area contributed by atoms with Crippen LogP contribution >= 0.6 is 0 Å². The van der Waals surface area contributed by atoms with Crippen LogP contribution < -0.4 is 4.74 Å². The molecule has 0 bridgehead atoms. The summed E-state index contributed by atoms with van der Waals surface area (Å²) in [6, 6.07) is 8.10. The van der Waals surface area contributed by atoms with Crippen molar-refractivity contribution < 1.29 is 29.6 Å². The minimum atomic E-state index is -1.05. The number of Topliss-reactive ketones (excluding diaryl/α,β-unsaturated/α-hetero) is 1. The quantitative estimate of drug-likeness (QED) is 0.732. The lowest BCUT2D eigenvalue weighted by atomic mass is 10.1. The number of aromatic hydroxyl groups is 2. The summed E-state index contributed by atoms with van der Waals surface area (Å²) >= 11 is 0. The molecule has 0 fully saturated rings. The van der Waals surface area contributed by atoms with Crippen LogP contribution in [0, 0.1) is 6.92 Å². The highest BCUT2D eigenvalue weighted by atomic mass is 16.5. The van der Waals surface area contributed by atoms with Crippen LogP contribution in [0.4, 0.5) is 0 Å². The van der Waals surface area contributed by atoms with Crippen LogP contribution in [-0.2, 0) is 0 Å². The first kappa shape index (κ1) is 15.4. The third-order valence-corrected chi connectivity index (χ3v) is 3.09. The molecule has 0 aliphatic carbocycles. The van der Waals surface area contributed by atoms with E-state index in [1.807, 2.05) is 0 Å². The molecule has 0 heterocycles. The normalized spacial score (nSPS) is 10.2. The van der Waals surface area contributed by atoms with Crippen molar-refractivity contribution in [2.24, 2.45) is 0 Å². The number of rotatable bonds is 5. The van der Waals surface area contributed by atoms with Gasteiger partial charge in [0.15, 0.2) is 6.61 Å². The number of aromatic carboxylic acids is 1. The lowest BCUT2D eigenvalue weighted by molar-refractivity contribution is 0.0696. The van der Waals surface area contributed by atoms with Crippen molar-refractivity contribution in [2.75, 3.05) is 6.61 Å². The molecule has 0 unspecified atom stereocenters. The van der Waals surface area contributed by atoms with E-state index in [1.165, 1.54) is 30.3 Å². The average molecular weight is 302 g/mol. The molecule has 2 aromatic rings. The zero-order chi connectivity index (χ0) is 16.3. The summed E-state index contributed by atoms with van der Waals surface area (Å²) in [5.74, 6) is -1.58. The summed E-state index contributed by atoms with van der Waals surface area (Å²) in [6.07, 6.45) is 0. The van der Waals surface area contributed by atoms with Gasteiger partial charge in [-0.3, -0.25) is 4.79 Å². The van der Waals surface area contributed by atoms with Crippen molar-refractivity contribution in [3.8, 4) is 17.2 Å². The summed E-state index contributed by atoms with van der Waals surface area (Å²) < 4.78 is 5.27. The van der Waals surface area contributed by atoms with E-state index in [0.29, 0.717) is 11.3 Å². The van der Waals surface area contributed by atoms with E-state index in [4.69, 9.17) is 9.84 Å². The van der Waals surface area contributed by atoms with Gasteiger partial charge in [-0.15, -0.1) is 0 Å². The Hall–Kier alpha value is -3.02. The number of benzene rings is 2. The molecule has 6 nitrogen and oxygen atoms in total. The van der Waals surface area contributed by atoms with Gasteiger partial charge in [0.05, 0.1) is 11.1 Å². The highest BCUT2D eigenvalue weighted by Gasteiger charge is 2.14. The summed E-state index contributed by atoms with van der Waals surface area (Å²) in [6.45, 7) is 1.29. The summed E-state index contributed by atoms with van der Waals surface area (Å²) in [5, 5.41) is 27.9. The lowest BCUT2D eigenvalue weighted by Crippen LogP contribution is -2.12. The van der Waals surface area contributed by atoms with Crippen molar-refractivity contribution in [1.29, 1.82) is 0 Å². The smallest absolute Gasteiger partial charge is 0.335 e. The standard InChI is InChI=1S/C16H14O6/c1-9-6-12(14(18)7-13(9)17)15(19)8-22-11-4-2-10(3-5-11)16(20)21/h2-7,17-18H,8H2,1H3,(H,20,21). The number of aryl methyl sites for hydroxylation is 1. The third-order valence-electron chi connectivity index (χ3n) is 3.09. The number of ketones is 1. The van der Waals surface area contributed by atoms with Gasteiger partial charge in [-0.1, -0.05) is 0 Å². The first-order valence-corrected chi connectivity index (χ1v) is 6.40. The zero-order valence-electron chi connectivity index (χ0n) is 11.7. The summed E-state index contributed by atoms with van der Waals surface area (Å²) in [5.41, 5.74) is 0.634. The van der Waals surface area contributed by atoms with Crippen LogP contribution in [-0.4, -0.2) is 33.7 Å². The molecule has 0 atom stereocenters. The van der Waals surface area contributed by atoms with Crippen LogP contribution in [0.25, 0.3) is 0 Å². The van der Waals surface area contributed by atoms with Gasteiger partial charge in [-0.25, -0.2) is 4.79 Å². The minimum Gasteiger partial charge on any atom is -0.508 e. The Labute approximate surface area is 126 Å². The Morgan fingerprint density at radius 2 is 1.68 bits per heavy atom. The largest absolute Gasteiger partial charge is 0.508 e. The second-order valence-corrected chi connectivity index (χ2v) is 4.70. The second-order valence-electron chi connectivity index (χ2n) is 4.70. The van der Waals surface area contributed by atoms with Crippen LogP contribution in [0.2, 0.25) is 0 Å².